The van der Waals surface area contributed by atoms with Crippen molar-refractivity contribution in [3.8, 4) is 10.4 Å². The fourth-order valence-electron chi connectivity index (χ4n) is 2.71. The summed E-state index contributed by atoms with van der Waals surface area (Å²) in [4.78, 5) is 37.3. The molecular weight excluding hydrogens is 495 g/mol. The van der Waals surface area contributed by atoms with Crippen LogP contribution in [0.5, 0.6) is 10.4 Å². The van der Waals surface area contributed by atoms with Crippen molar-refractivity contribution in [3.63, 3.8) is 0 Å². The summed E-state index contributed by atoms with van der Waals surface area (Å²) < 4.78 is 19.7. The van der Waals surface area contributed by atoms with Gasteiger partial charge < -0.3 is 39.5 Å². The zero-order valence-electron chi connectivity index (χ0n) is 19.7. The molecule has 186 valence electrons. The molecule has 0 aromatic carbocycles. The van der Waals surface area contributed by atoms with Crippen LogP contribution in [0.3, 0.4) is 0 Å². The van der Waals surface area contributed by atoms with Crippen LogP contribution in [0.25, 0.3) is 20.7 Å². The Kier molecular flexibility index (Phi) is 12.8. The molecule has 4 aromatic rings. The van der Waals surface area contributed by atoms with Gasteiger partial charge in [0.25, 0.3) is 10.4 Å². The first-order valence-electron chi connectivity index (χ1n) is 10.00. The summed E-state index contributed by atoms with van der Waals surface area (Å²) in [6.45, 7) is 4.13. The second-order valence-corrected chi connectivity index (χ2v) is 8.43. The molecule has 0 unspecified atom stereocenters. The third-order valence-electron chi connectivity index (χ3n) is 4.23. The van der Waals surface area contributed by atoms with Crippen molar-refractivity contribution >= 4 is 55.3 Å². The number of carboxylic acids is 1. The van der Waals surface area contributed by atoms with Gasteiger partial charge >= 0.3 is 30.8 Å². The number of ether oxygens (including phenoxy) is 4. The number of rotatable bonds is 5. The summed E-state index contributed by atoms with van der Waals surface area (Å²) in [7, 11) is 3.08. The van der Waals surface area contributed by atoms with Crippen molar-refractivity contribution in [2.24, 2.45) is 0 Å². The van der Waals surface area contributed by atoms with Gasteiger partial charge in [-0.05, 0) is 31.9 Å². The number of carbonyl (C=O) groups excluding carboxylic acids is 1. The van der Waals surface area contributed by atoms with Gasteiger partial charge in [-0.15, -0.1) is 0 Å². The van der Waals surface area contributed by atoms with Crippen LogP contribution < -0.4 is 28.3 Å². The van der Waals surface area contributed by atoms with Crippen molar-refractivity contribution in [2.45, 2.75) is 19.8 Å². The summed E-state index contributed by atoms with van der Waals surface area (Å²) in [6.07, 6.45) is 2.56. The van der Waals surface area contributed by atoms with Gasteiger partial charge in [-0.1, -0.05) is 22.7 Å². The molecule has 35 heavy (non-hydrogen) atoms. The SMILES string of the molecule is C1CCOC1.CCOC(=O)c1cc2nc(OC)sc2[nH]1.COc1nc2cc(C(=O)O)[nH]c2s1.[Li+].[OH-]. The fraction of sp³-hybridized carbons (Fsp3) is 0.400. The van der Waals surface area contributed by atoms with Crippen molar-refractivity contribution < 1.29 is 58.0 Å². The number of H-pyrrole nitrogens is 2. The van der Waals surface area contributed by atoms with Crippen molar-refractivity contribution in [3.05, 3.63) is 23.5 Å². The van der Waals surface area contributed by atoms with E-state index < -0.39 is 5.97 Å². The Bertz CT molecular complexity index is 1140. The molecule has 4 aromatic heterocycles. The molecular formula is C20H25LiN4O8S2. The van der Waals surface area contributed by atoms with E-state index in [-0.39, 0.29) is 36.0 Å². The van der Waals surface area contributed by atoms with Gasteiger partial charge in [0.15, 0.2) is 0 Å². The predicted molar refractivity (Wildman–Crippen MR) is 126 cm³/mol. The minimum atomic E-state index is -0.982. The normalized spacial score (nSPS) is 11.9. The Morgan fingerprint density at radius 1 is 1.00 bits per heavy atom. The Balaban J connectivity index is 0.000000281. The van der Waals surface area contributed by atoms with Crippen molar-refractivity contribution in [1.82, 2.24) is 19.9 Å². The smallest absolute Gasteiger partial charge is 0.870 e. The number of aromatic amines is 2. The number of hydrogen-bond acceptors (Lipinski definition) is 11. The number of fused-ring (bicyclic) bond motifs is 2. The Labute approximate surface area is 220 Å². The number of carbonyl (C=O) groups is 2. The zero-order valence-corrected chi connectivity index (χ0v) is 21.4. The van der Waals surface area contributed by atoms with Gasteiger partial charge in [0.2, 0.25) is 0 Å². The monoisotopic (exact) mass is 520 g/mol. The first kappa shape index (κ1) is 30.4. The minimum absolute atomic E-state index is 0. The fourth-order valence-corrected chi connectivity index (χ4v) is 4.25. The standard InChI is InChI=1S/C9H10N2O3S.C7H6N2O3S.C4H8O.Li.H2O/c1-3-14-8(12)6-4-5-7(10-6)15-9(11-5)13-2;1-12-7-9-3-2-4(6(10)11)8-5(3)13-7;1-2-4-5-3-1;;/h4,10H,3H2,1-2H3;2,8H,1H3,(H,10,11);1-4H2;;1H2/q;;;+1;/p-1. The molecule has 0 atom stereocenters. The first-order chi connectivity index (χ1) is 15.9. The number of thiazole rings is 2. The van der Waals surface area contributed by atoms with Gasteiger partial charge in [0.05, 0.1) is 20.8 Å². The molecule has 4 N–H and O–H groups in total. The molecule has 12 nitrogen and oxygen atoms in total. The van der Waals surface area contributed by atoms with Crippen LogP contribution in [-0.2, 0) is 9.47 Å². The maximum absolute atomic E-state index is 11.4. The van der Waals surface area contributed by atoms with E-state index in [0.717, 1.165) is 23.6 Å². The number of hydrogen-bond donors (Lipinski definition) is 3. The van der Waals surface area contributed by atoms with E-state index in [1.807, 2.05) is 0 Å². The number of esters is 1. The van der Waals surface area contributed by atoms with E-state index >= 15 is 0 Å². The largest absolute Gasteiger partial charge is 1.00 e. The van der Waals surface area contributed by atoms with Crippen molar-refractivity contribution in [2.75, 3.05) is 34.0 Å². The maximum Gasteiger partial charge on any atom is 1.00 e. The second kappa shape index (κ2) is 14.7. The summed E-state index contributed by atoms with van der Waals surface area (Å²) in [5.74, 6) is -1.34. The predicted octanol–water partition coefficient (Wildman–Crippen LogP) is 0.765. The number of nitrogens with one attached hydrogen (secondary N) is 2. The van der Waals surface area contributed by atoms with Crippen LogP contribution in [0.4, 0.5) is 0 Å². The molecule has 0 amide bonds. The Morgan fingerprint density at radius 3 is 1.86 bits per heavy atom. The quantitative estimate of drug-likeness (QED) is 0.251. The molecule has 0 bridgehead atoms. The van der Waals surface area contributed by atoms with Crippen molar-refractivity contribution in [1.29, 1.82) is 0 Å². The van der Waals surface area contributed by atoms with Crippen LogP contribution in [0.1, 0.15) is 40.7 Å². The summed E-state index contributed by atoms with van der Waals surface area (Å²) >= 11 is 2.64. The molecule has 1 aliphatic rings. The minimum Gasteiger partial charge on any atom is -0.870 e. The van der Waals surface area contributed by atoms with Crippen LogP contribution in [0.2, 0.25) is 0 Å². The molecule has 15 heteroatoms. The molecule has 1 saturated heterocycles. The molecule has 5 rings (SSSR count). The number of aromatic nitrogens is 4. The van der Waals surface area contributed by atoms with Crippen LogP contribution >= 0.6 is 22.7 Å². The van der Waals surface area contributed by atoms with Gasteiger partial charge in [0.1, 0.15) is 32.1 Å². The summed E-state index contributed by atoms with van der Waals surface area (Å²) in [5.41, 5.74) is 1.92. The molecule has 5 heterocycles. The first-order valence-corrected chi connectivity index (χ1v) is 11.6. The summed E-state index contributed by atoms with van der Waals surface area (Å²) in [6, 6.07) is 3.14. The van der Waals surface area contributed by atoms with E-state index in [4.69, 9.17) is 24.1 Å². The van der Waals surface area contributed by atoms with Gasteiger partial charge in [-0.3, -0.25) is 0 Å². The van der Waals surface area contributed by atoms with E-state index in [0.29, 0.717) is 33.0 Å². The van der Waals surface area contributed by atoms with Gasteiger partial charge in [-0.25, -0.2) is 19.6 Å². The van der Waals surface area contributed by atoms with Gasteiger partial charge in [0, 0.05) is 13.2 Å². The molecule has 1 aliphatic heterocycles. The van der Waals surface area contributed by atoms with Crippen LogP contribution in [0.15, 0.2) is 12.1 Å². The average Bonchev–Trinajstić information content (AvgIpc) is 3.60. The maximum atomic E-state index is 11.4. The molecule has 0 radical (unpaired) electrons. The van der Waals surface area contributed by atoms with Crippen LogP contribution in [-0.4, -0.2) is 76.5 Å². The topological polar surface area (TPSA) is 179 Å². The number of nitrogens with zero attached hydrogens (tertiary/aromatic N) is 2. The van der Waals surface area contributed by atoms with E-state index in [9.17, 15) is 9.59 Å². The molecule has 1 fully saturated rings. The van der Waals surface area contributed by atoms with Crippen LogP contribution in [0, 0.1) is 0 Å². The van der Waals surface area contributed by atoms with E-state index in [1.165, 1.54) is 48.7 Å². The summed E-state index contributed by atoms with van der Waals surface area (Å²) in [5, 5.41) is 9.75. The number of carboxylic acid groups (broad SMARTS) is 1. The Hall–Kier alpha value is -2.60. The average molecular weight is 521 g/mol. The van der Waals surface area contributed by atoms with E-state index in [1.54, 1.807) is 20.1 Å². The second-order valence-electron chi connectivity index (χ2n) is 6.51. The number of methoxy groups -OCH3 is 2. The third kappa shape index (κ3) is 8.24. The molecule has 0 saturated carbocycles. The molecule has 0 spiro atoms. The van der Waals surface area contributed by atoms with Gasteiger partial charge in [-0.2, -0.15) is 0 Å². The zero-order chi connectivity index (χ0) is 23.8. The third-order valence-corrected chi connectivity index (χ3v) is 6.12. The molecule has 0 aliphatic carbocycles. The van der Waals surface area contributed by atoms with E-state index in [2.05, 4.69) is 19.9 Å². The number of aromatic carboxylic acids is 1. The Morgan fingerprint density at radius 2 is 1.49 bits per heavy atom.